The SMILES string of the molecule is c1ccc2c(c1)Cc1cc3[nH]c4ccccc4c3c3cccc-2c13. The zero-order valence-electron chi connectivity index (χ0n) is 13.1. The minimum atomic E-state index is 1.01. The van der Waals surface area contributed by atoms with E-state index in [1.54, 1.807) is 0 Å². The van der Waals surface area contributed by atoms with Crippen molar-refractivity contribution in [3.05, 3.63) is 83.9 Å². The molecule has 1 aromatic heterocycles. The van der Waals surface area contributed by atoms with Crippen LogP contribution in [0.5, 0.6) is 0 Å². The molecule has 1 N–H and O–H groups in total. The van der Waals surface area contributed by atoms with Crippen LogP contribution in [-0.4, -0.2) is 4.98 Å². The summed E-state index contributed by atoms with van der Waals surface area (Å²) in [6, 6.07) is 26.5. The van der Waals surface area contributed by atoms with Gasteiger partial charge in [-0.1, -0.05) is 60.7 Å². The van der Waals surface area contributed by atoms with E-state index in [-0.39, 0.29) is 0 Å². The van der Waals surface area contributed by atoms with Gasteiger partial charge in [0.05, 0.1) is 0 Å². The number of para-hydroxylation sites is 1. The van der Waals surface area contributed by atoms with E-state index in [2.05, 4.69) is 77.8 Å². The first-order chi connectivity index (χ1) is 11.9. The van der Waals surface area contributed by atoms with E-state index in [1.807, 2.05) is 0 Å². The van der Waals surface area contributed by atoms with E-state index in [0.717, 1.165) is 6.42 Å². The lowest BCUT2D eigenvalue weighted by Gasteiger charge is -2.21. The normalized spacial score (nSPS) is 12.8. The second kappa shape index (κ2) is 4.27. The topological polar surface area (TPSA) is 15.8 Å². The smallest absolute Gasteiger partial charge is 0.0474 e. The van der Waals surface area contributed by atoms with Gasteiger partial charge in [-0.15, -0.1) is 0 Å². The molecule has 0 saturated heterocycles. The first kappa shape index (κ1) is 12.4. The standard InChI is InChI=1S/C23H15N/c1-2-7-16-14(6-1)12-15-13-21-23(18-8-3-4-11-20(18)24-21)19-10-5-9-17(16)22(15)19/h1-11,13,24H,12H2. The average molecular weight is 305 g/mol. The van der Waals surface area contributed by atoms with E-state index in [4.69, 9.17) is 0 Å². The van der Waals surface area contributed by atoms with Crippen molar-refractivity contribution in [3.8, 4) is 11.1 Å². The van der Waals surface area contributed by atoms with Gasteiger partial charge in [-0.25, -0.2) is 0 Å². The molecule has 0 atom stereocenters. The molecular weight excluding hydrogens is 290 g/mol. The highest BCUT2D eigenvalue weighted by Gasteiger charge is 2.20. The molecule has 1 heterocycles. The van der Waals surface area contributed by atoms with Crippen LogP contribution in [0, 0.1) is 0 Å². The summed E-state index contributed by atoms with van der Waals surface area (Å²) in [6.45, 7) is 0. The molecule has 112 valence electrons. The van der Waals surface area contributed by atoms with E-state index in [9.17, 15) is 0 Å². The molecule has 0 unspecified atom stereocenters. The molecule has 0 amide bonds. The lowest BCUT2D eigenvalue weighted by Crippen LogP contribution is -2.01. The Hall–Kier alpha value is -3.06. The third kappa shape index (κ3) is 1.45. The summed E-state index contributed by atoms with van der Waals surface area (Å²) < 4.78 is 0. The summed E-state index contributed by atoms with van der Waals surface area (Å²) in [6.07, 6.45) is 1.01. The number of nitrogens with one attached hydrogen (secondary N) is 1. The maximum Gasteiger partial charge on any atom is 0.0474 e. The van der Waals surface area contributed by atoms with Crippen LogP contribution < -0.4 is 0 Å². The lowest BCUT2D eigenvalue weighted by molar-refractivity contribution is 1.20. The van der Waals surface area contributed by atoms with Gasteiger partial charge in [0, 0.05) is 21.8 Å². The molecule has 1 heteroatoms. The van der Waals surface area contributed by atoms with Gasteiger partial charge in [-0.3, -0.25) is 0 Å². The van der Waals surface area contributed by atoms with Crippen molar-refractivity contribution in [2.45, 2.75) is 6.42 Å². The minimum absolute atomic E-state index is 1.01. The van der Waals surface area contributed by atoms with Crippen molar-refractivity contribution in [1.29, 1.82) is 0 Å². The lowest BCUT2D eigenvalue weighted by atomic mass is 9.82. The number of hydrogen-bond acceptors (Lipinski definition) is 0. The Balaban J connectivity index is 1.89. The van der Waals surface area contributed by atoms with Gasteiger partial charge in [0.1, 0.15) is 0 Å². The quantitative estimate of drug-likeness (QED) is 0.352. The minimum Gasteiger partial charge on any atom is -0.354 e. The summed E-state index contributed by atoms with van der Waals surface area (Å²) in [7, 11) is 0. The number of fused-ring (bicyclic) bond motifs is 6. The molecule has 1 nitrogen and oxygen atoms in total. The monoisotopic (exact) mass is 305 g/mol. The van der Waals surface area contributed by atoms with Crippen LogP contribution in [0.15, 0.2) is 72.8 Å². The number of aromatic nitrogens is 1. The Bertz CT molecular complexity index is 1270. The van der Waals surface area contributed by atoms with Crippen LogP contribution in [-0.2, 0) is 6.42 Å². The summed E-state index contributed by atoms with van der Waals surface area (Å²) in [4.78, 5) is 3.61. The molecule has 24 heavy (non-hydrogen) atoms. The van der Waals surface area contributed by atoms with Crippen LogP contribution in [0.1, 0.15) is 11.1 Å². The zero-order chi connectivity index (χ0) is 15.7. The van der Waals surface area contributed by atoms with Crippen LogP contribution in [0.4, 0.5) is 0 Å². The van der Waals surface area contributed by atoms with E-state index < -0.39 is 0 Å². The van der Waals surface area contributed by atoms with E-state index in [1.165, 1.54) is 54.8 Å². The van der Waals surface area contributed by atoms with Crippen molar-refractivity contribution in [2.75, 3.05) is 0 Å². The molecule has 0 saturated carbocycles. The first-order valence-electron chi connectivity index (χ1n) is 8.43. The Morgan fingerprint density at radius 2 is 1.38 bits per heavy atom. The number of aromatic amines is 1. The van der Waals surface area contributed by atoms with Crippen molar-refractivity contribution in [2.24, 2.45) is 0 Å². The van der Waals surface area contributed by atoms with Crippen LogP contribution in [0.2, 0.25) is 0 Å². The fourth-order valence-corrected chi connectivity index (χ4v) is 4.42. The Kier molecular flexibility index (Phi) is 2.20. The molecule has 0 fully saturated rings. The van der Waals surface area contributed by atoms with Gasteiger partial charge in [-0.2, -0.15) is 0 Å². The Labute approximate surface area is 139 Å². The molecule has 0 aliphatic heterocycles. The average Bonchev–Trinajstić information content (AvgIpc) is 3.00. The van der Waals surface area contributed by atoms with Gasteiger partial charge in [0.2, 0.25) is 0 Å². The predicted molar refractivity (Wildman–Crippen MR) is 102 cm³/mol. The molecule has 1 aliphatic rings. The predicted octanol–water partition coefficient (Wildman–Crippen LogP) is 6.05. The van der Waals surface area contributed by atoms with Crippen LogP contribution >= 0.6 is 0 Å². The van der Waals surface area contributed by atoms with Crippen molar-refractivity contribution >= 4 is 32.6 Å². The first-order valence-corrected chi connectivity index (χ1v) is 8.43. The number of hydrogen-bond donors (Lipinski definition) is 1. The molecule has 0 spiro atoms. The number of rotatable bonds is 0. The summed E-state index contributed by atoms with van der Waals surface area (Å²) in [5.41, 5.74) is 8.07. The number of H-pyrrole nitrogens is 1. The largest absolute Gasteiger partial charge is 0.354 e. The summed E-state index contributed by atoms with van der Waals surface area (Å²) in [5, 5.41) is 5.46. The van der Waals surface area contributed by atoms with Gasteiger partial charge < -0.3 is 4.98 Å². The molecular formula is C23H15N. The second-order valence-corrected chi connectivity index (χ2v) is 6.69. The highest BCUT2D eigenvalue weighted by molar-refractivity contribution is 6.23. The third-order valence-corrected chi connectivity index (χ3v) is 5.40. The molecule has 6 rings (SSSR count). The third-order valence-electron chi connectivity index (χ3n) is 5.40. The zero-order valence-corrected chi connectivity index (χ0v) is 13.1. The fraction of sp³-hybridized carbons (Fsp3) is 0.0435. The Morgan fingerprint density at radius 3 is 2.38 bits per heavy atom. The van der Waals surface area contributed by atoms with E-state index in [0.29, 0.717) is 0 Å². The van der Waals surface area contributed by atoms with Gasteiger partial charge in [0.15, 0.2) is 0 Å². The van der Waals surface area contributed by atoms with Crippen LogP contribution in [0.3, 0.4) is 0 Å². The fourth-order valence-electron chi connectivity index (χ4n) is 4.42. The van der Waals surface area contributed by atoms with E-state index >= 15 is 0 Å². The molecule has 0 bridgehead atoms. The van der Waals surface area contributed by atoms with Crippen molar-refractivity contribution < 1.29 is 0 Å². The summed E-state index contributed by atoms with van der Waals surface area (Å²) in [5.74, 6) is 0. The van der Waals surface area contributed by atoms with Gasteiger partial charge >= 0.3 is 0 Å². The Morgan fingerprint density at radius 1 is 0.583 bits per heavy atom. The maximum atomic E-state index is 3.61. The summed E-state index contributed by atoms with van der Waals surface area (Å²) >= 11 is 0. The maximum absolute atomic E-state index is 3.61. The van der Waals surface area contributed by atoms with Gasteiger partial charge in [0.25, 0.3) is 0 Å². The van der Waals surface area contributed by atoms with Crippen molar-refractivity contribution in [1.82, 2.24) is 4.98 Å². The molecule has 0 radical (unpaired) electrons. The molecule has 4 aromatic carbocycles. The van der Waals surface area contributed by atoms with Crippen molar-refractivity contribution in [3.63, 3.8) is 0 Å². The molecule has 5 aromatic rings. The van der Waals surface area contributed by atoms with Gasteiger partial charge in [-0.05, 0) is 51.6 Å². The second-order valence-electron chi connectivity index (χ2n) is 6.69. The molecule has 1 aliphatic carbocycles. The number of benzene rings is 4. The highest BCUT2D eigenvalue weighted by Crippen LogP contribution is 2.43. The van der Waals surface area contributed by atoms with Crippen LogP contribution in [0.25, 0.3) is 43.7 Å². The highest BCUT2D eigenvalue weighted by atomic mass is 14.7.